The van der Waals surface area contributed by atoms with Gasteiger partial charge >= 0.3 is 0 Å². The summed E-state index contributed by atoms with van der Waals surface area (Å²) >= 11 is 0. The molecule has 7 heteroatoms. The van der Waals surface area contributed by atoms with Crippen LogP contribution in [0.4, 0.5) is 0 Å². The van der Waals surface area contributed by atoms with Crippen molar-refractivity contribution in [3.63, 3.8) is 0 Å². The van der Waals surface area contributed by atoms with Gasteiger partial charge < -0.3 is 19.5 Å². The molecule has 1 atom stereocenters. The van der Waals surface area contributed by atoms with Crippen molar-refractivity contribution in [1.82, 2.24) is 5.32 Å². The molecule has 1 aliphatic rings. The second-order valence-corrected chi connectivity index (χ2v) is 7.25. The number of carbonyl (C=O) groups is 1. The van der Waals surface area contributed by atoms with Crippen LogP contribution in [0.1, 0.15) is 36.5 Å². The minimum atomic E-state index is -0.429. The molecule has 0 unspecified atom stereocenters. The van der Waals surface area contributed by atoms with Crippen LogP contribution in [0.2, 0.25) is 0 Å². The Labute approximate surface area is 187 Å². The number of hydrogen-bond acceptors (Lipinski definition) is 6. The van der Waals surface area contributed by atoms with E-state index in [1.54, 1.807) is 30.3 Å². The van der Waals surface area contributed by atoms with Gasteiger partial charge in [0.2, 0.25) is 0 Å². The van der Waals surface area contributed by atoms with Gasteiger partial charge in [0.1, 0.15) is 18.2 Å². The molecule has 3 rings (SSSR count). The Kier molecular flexibility index (Phi) is 8.25. The lowest BCUT2D eigenvalue weighted by molar-refractivity contribution is -0.117. The zero-order valence-corrected chi connectivity index (χ0v) is 18.0. The number of nitrogens with one attached hydrogen (secondary N) is 1. The van der Waals surface area contributed by atoms with Crippen molar-refractivity contribution in [3.8, 4) is 23.6 Å². The number of ether oxygens (including phenoxy) is 3. The molecule has 2 aromatic rings. The molecule has 7 nitrogen and oxygen atoms in total. The van der Waals surface area contributed by atoms with Gasteiger partial charge in [-0.1, -0.05) is 18.2 Å². The Balaban J connectivity index is 1.69. The van der Waals surface area contributed by atoms with E-state index in [0.29, 0.717) is 49.0 Å². The molecule has 1 amide bonds. The molecular formula is C25H25N3O4. The van der Waals surface area contributed by atoms with Crippen LogP contribution in [0.25, 0.3) is 6.08 Å². The van der Waals surface area contributed by atoms with Gasteiger partial charge in [0.25, 0.3) is 5.91 Å². The molecule has 1 heterocycles. The predicted octanol–water partition coefficient (Wildman–Crippen LogP) is 3.74. The first-order valence-electron chi connectivity index (χ1n) is 10.5. The molecule has 0 aliphatic carbocycles. The second kappa shape index (κ2) is 11.5. The molecule has 32 heavy (non-hydrogen) atoms. The van der Waals surface area contributed by atoms with Gasteiger partial charge in [-0.05, 0) is 61.2 Å². The minimum Gasteiger partial charge on any atom is -0.490 e. The van der Waals surface area contributed by atoms with Crippen molar-refractivity contribution in [2.24, 2.45) is 0 Å². The Hall–Kier alpha value is -3.81. The highest BCUT2D eigenvalue weighted by molar-refractivity contribution is 6.01. The van der Waals surface area contributed by atoms with E-state index >= 15 is 0 Å². The number of benzene rings is 2. The summed E-state index contributed by atoms with van der Waals surface area (Å²) in [5, 5.41) is 21.1. The van der Waals surface area contributed by atoms with Crippen LogP contribution in [-0.2, 0) is 16.1 Å². The maximum atomic E-state index is 12.4. The van der Waals surface area contributed by atoms with E-state index in [9.17, 15) is 10.1 Å². The number of hydrogen-bond donors (Lipinski definition) is 1. The third kappa shape index (κ3) is 6.34. The van der Waals surface area contributed by atoms with Crippen molar-refractivity contribution >= 4 is 12.0 Å². The number of nitriles is 2. The summed E-state index contributed by atoms with van der Waals surface area (Å²) in [5.41, 5.74) is 2.18. The SMILES string of the molecule is CCOc1cc(/C=C(\C#N)C(=O)NC[C@@H]2CCCO2)ccc1OCc1ccc(C#N)cc1. The second-order valence-electron chi connectivity index (χ2n) is 7.25. The number of rotatable bonds is 9. The van der Waals surface area contributed by atoms with Gasteiger partial charge in [0.05, 0.1) is 24.3 Å². The Morgan fingerprint density at radius 2 is 2.00 bits per heavy atom. The molecule has 2 aromatic carbocycles. The maximum Gasteiger partial charge on any atom is 0.262 e. The topological polar surface area (TPSA) is 104 Å². The fourth-order valence-electron chi connectivity index (χ4n) is 3.26. The Bertz CT molecular complexity index is 1040. The third-order valence-corrected chi connectivity index (χ3v) is 4.94. The Morgan fingerprint density at radius 1 is 1.19 bits per heavy atom. The number of carbonyl (C=O) groups excluding carboxylic acids is 1. The van der Waals surface area contributed by atoms with Gasteiger partial charge in [-0.2, -0.15) is 10.5 Å². The smallest absolute Gasteiger partial charge is 0.262 e. The fraction of sp³-hybridized carbons (Fsp3) is 0.320. The fourth-order valence-corrected chi connectivity index (χ4v) is 3.26. The lowest BCUT2D eigenvalue weighted by Gasteiger charge is -2.13. The van der Waals surface area contributed by atoms with Crippen molar-refractivity contribution in [2.45, 2.75) is 32.5 Å². The average molecular weight is 431 g/mol. The summed E-state index contributed by atoms with van der Waals surface area (Å²) < 4.78 is 17.1. The highest BCUT2D eigenvalue weighted by Crippen LogP contribution is 2.30. The van der Waals surface area contributed by atoms with Crippen LogP contribution < -0.4 is 14.8 Å². The summed E-state index contributed by atoms with van der Waals surface area (Å²) in [6.45, 7) is 3.72. The van der Waals surface area contributed by atoms with E-state index in [2.05, 4.69) is 11.4 Å². The highest BCUT2D eigenvalue weighted by atomic mass is 16.5. The number of amides is 1. The van der Waals surface area contributed by atoms with Crippen molar-refractivity contribution < 1.29 is 19.0 Å². The Morgan fingerprint density at radius 3 is 2.66 bits per heavy atom. The van der Waals surface area contributed by atoms with Gasteiger partial charge in [-0.15, -0.1) is 0 Å². The van der Waals surface area contributed by atoms with Crippen molar-refractivity contribution in [3.05, 3.63) is 64.7 Å². The van der Waals surface area contributed by atoms with Crippen molar-refractivity contribution in [2.75, 3.05) is 19.8 Å². The number of nitrogens with zero attached hydrogens (tertiary/aromatic N) is 2. The van der Waals surface area contributed by atoms with Crippen LogP contribution in [0.15, 0.2) is 48.0 Å². The zero-order chi connectivity index (χ0) is 22.8. The van der Waals surface area contributed by atoms with E-state index in [0.717, 1.165) is 18.4 Å². The molecule has 1 N–H and O–H groups in total. The molecule has 1 fully saturated rings. The molecule has 0 bridgehead atoms. The lowest BCUT2D eigenvalue weighted by atomic mass is 10.1. The van der Waals surface area contributed by atoms with Crippen LogP contribution in [0.5, 0.6) is 11.5 Å². The van der Waals surface area contributed by atoms with Crippen LogP contribution in [0, 0.1) is 22.7 Å². The third-order valence-electron chi connectivity index (χ3n) is 4.94. The van der Waals surface area contributed by atoms with E-state index in [-0.39, 0.29) is 11.7 Å². The monoisotopic (exact) mass is 431 g/mol. The highest BCUT2D eigenvalue weighted by Gasteiger charge is 2.18. The van der Waals surface area contributed by atoms with Crippen LogP contribution in [0.3, 0.4) is 0 Å². The van der Waals surface area contributed by atoms with Crippen molar-refractivity contribution in [1.29, 1.82) is 10.5 Å². The summed E-state index contributed by atoms with van der Waals surface area (Å²) in [7, 11) is 0. The quantitative estimate of drug-likeness (QED) is 0.479. The van der Waals surface area contributed by atoms with E-state index in [1.807, 2.05) is 25.1 Å². The van der Waals surface area contributed by atoms with Gasteiger partial charge in [0, 0.05) is 13.2 Å². The van der Waals surface area contributed by atoms with Gasteiger partial charge in [-0.3, -0.25) is 4.79 Å². The molecule has 0 saturated carbocycles. The van der Waals surface area contributed by atoms with E-state index in [4.69, 9.17) is 19.5 Å². The molecule has 0 aromatic heterocycles. The largest absolute Gasteiger partial charge is 0.490 e. The van der Waals surface area contributed by atoms with Crippen LogP contribution >= 0.6 is 0 Å². The molecular weight excluding hydrogens is 406 g/mol. The average Bonchev–Trinajstić information content (AvgIpc) is 3.35. The minimum absolute atomic E-state index is 0.0102. The first-order chi connectivity index (χ1) is 15.6. The standard InChI is InChI=1S/C25H25N3O4/c1-2-30-24-13-20(12-21(15-27)25(29)28-16-22-4-3-11-31-22)9-10-23(24)32-17-19-7-5-18(14-26)6-8-19/h5-10,12-13,22H,2-4,11,16-17H2,1H3,(H,28,29)/b21-12+/t22-/m0/s1. The molecule has 1 aliphatic heterocycles. The predicted molar refractivity (Wildman–Crippen MR) is 119 cm³/mol. The summed E-state index contributed by atoms with van der Waals surface area (Å²) in [6.07, 6.45) is 3.43. The first-order valence-corrected chi connectivity index (χ1v) is 10.5. The molecule has 164 valence electrons. The molecule has 0 spiro atoms. The van der Waals surface area contributed by atoms with E-state index < -0.39 is 5.91 Å². The normalized spacial score (nSPS) is 15.5. The van der Waals surface area contributed by atoms with Gasteiger partial charge in [-0.25, -0.2) is 0 Å². The molecule has 1 saturated heterocycles. The first kappa shape index (κ1) is 22.9. The van der Waals surface area contributed by atoms with E-state index in [1.165, 1.54) is 6.08 Å². The molecule has 0 radical (unpaired) electrons. The van der Waals surface area contributed by atoms with Crippen LogP contribution in [-0.4, -0.2) is 31.8 Å². The van der Waals surface area contributed by atoms with Gasteiger partial charge in [0.15, 0.2) is 11.5 Å². The summed E-state index contributed by atoms with van der Waals surface area (Å²) in [6, 6.07) is 16.5. The summed E-state index contributed by atoms with van der Waals surface area (Å²) in [4.78, 5) is 12.4. The zero-order valence-electron chi connectivity index (χ0n) is 18.0. The maximum absolute atomic E-state index is 12.4. The lowest BCUT2D eigenvalue weighted by Crippen LogP contribution is -2.32. The summed E-state index contributed by atoms with van der Waals surface area (Å²) in [5.74, 6) is 0.642.